The molecule has 0 saturated heterocycles. The van der Waals surface area contributed by atoms with Gasteiger partial charge in [0.1, 0.15) is 12.4 Å². The second-order valence-corrected chi connectivity index (χ2v) is 4.48. The first kappa shape index (κ1) is 14.0. The fourth-order valence-corrected chi connectivity index (χ4v) is 1.89. The van der Waals surface area contributed by atoms with Crippen LogP contribution in [0.3, 0.4) is 0 Å². The van der Waals surface area contributed by atoms with Gasteiger partial charge in [0.15, 0.2) is 0 Å². The van der Waals surface area contributed by atoms with E-state index in [1.54, 1.807) is 18.2 Å². The lowest BCUT2D eigenvalue weighted by molar-refractivity contribution is -0.384. The van der Waals surface area contributed by atoms with E-state index in [0.29, 0.717) is 16.9 Å². The quantitative estimate of drug-likeness (QED) is 0.671. The number of benzene rings is 2. The monoisotopic (exact) mass is 273 g/mol. The second-order valence-electron chi connectivity index (χ2n) is 4.48. The highest BCUT2D eigenvalue weighted by Gasteiger charge is 2.07. The normalized spacial score (nSPS) is 10.3. The van der Waals surface area contributed by atoms with Gasteiger partial charge in [0.25, 0.3) is 5.69 Å². The number of nitro groups is 1. The molecule has 1 N–H and O–H groups in total. The Hall–Kier alpha value is -2.40. The van der Waals surface area contributed by atoms with Crippen molar-refractivity contribution in [1.29, 1.82) is 0 Å². The van der Waals surface area contributed by atoms with E-state index in [1.165, 1.54) is 12.1 Å². The van der Waals surface area contributed by atoms with Crippen molar-refractivity contribution in [1.82, 2.24) is 0 Å². The molecular formula is C15H15NO4. The summed E-state index contributed by atoms with van der Waals surface area (Å²) in [6.45, 7) is 2.05. The molecule has 0 unspecified atom stereocenters. The van der Waals surface area contributed by atoms with E-state index < -0.39 is 4.92 Å². The summed E-state index contributed by atoms with van der Waals surface area (Å²) < 4.78 is 5.62. The predicted octanol–water partition coefficient (Wildman–Crippen LogP) is 2.97. The number of hydrogen-bond donors (Lipinski definition) is 1. The van der Waals surface area contributed by atoms with Crippen LogP contribution in [0.15, 0.2) is 42.5 Å². The third-order valence-electron chi connectivity index (χ3n) is 2.90. The second kappa shape index (κ2) is 6.16. The molecule has 0 heterocycles. The molecule has 0 aliphatic carbocycles. The number of nitrogens with zero attached hydrogens (tertiary/aromatic N) is 1. The maximum atomic E-state index is 10.7. The van der Waals surface area contributed by atoms with Crippen molar-refractivity contribution in [2.24, 2.45) is 0 Å². The zero-order valence-electron chi connectivity index (χ0n) is 11.1. The minimum atomic E-state index is -0.436. The minimum Gasteiger partial charge on any atom is -0.489 e. The number of aryl methyl sites for hydroxylation is 1. The first-order valence-corrected chi connectivity index (χ1v) is 6.16. The Labute approximate surface area is 116 Å². The SMILES string of the molecule is Cc1ccc(OCc2cccc([N+](=O)[O-])c2)c(CO)c1. The molecule has 2 aromatic carbocycles. The first-order valence-electron chi connectivity index (χ1n) is 6.16. The lowest BCUT2D eigenvalue weighted by Crippen LogP contribution is -2.00. The van der Waals surface area contributed by atoms with E-state index in [-0.39, 0.29) is 18.9 Å². The van der Waals surface area contributed by atoms with Crippen LogP contribution in [-0.4, -0.2) is 10.0 Å². The van der Waals surface area contributed by atoms with Crippen molar-refractivity contribution >= 4 is 5.69 Å². The van der Waals surface area contributed by atoms with Crippen LogP contribution in [0.2, 0.25) is 0 Å². The smallest absolute Gasteiger partial charge is 0.269 e. The molecule has 0 saturated carbocycles. The van der Waals surface area contributed by atoms with Gasteiger partial charge in [-0.1, -0.05) is 29.8 Å². The lowest BCUT2D eigenvalue weighted by Gasteiger charge is -2.10. The van der Waals surface area contributed by atoms with Gasteiger partial charge in [0, 0.05) is 17.7 Å². The van der Waals surface area contributed by atoms with Gasteiger partial charge in [-0.15, -0.1) is 0 Å². The molecule has 0 aromatic heterocycles. The van der Waals surface area contributed by atoms with Crippen molar-refractivity contribution in [2.45, 2.75) is 20.1 Å². The van der Waals surface area contributed by atoms with Gasteiger partial charge in [-0.25, -0.2) is 0 Å². The van der Waals surface area contributed by atoms with Gasteiger partial charge >= 0.3 is 0 Å². The molecule has 0 atom stereocenters. The zero-order valence-corrected chi connectivity index (χ0v) is 11.1. The van der Waals surface area contributed by atoms with Crippen molar-refractivity contribution in [3.05, 3.63) is 69.3 Å². The van der Waals surface area contributed by atoms with Crippen LogP contribution < -0.4 is 4.74 Å². The fraction of sp³-hybridized carbons (Fsp3) is 0.200. The average molecular weight is 273 g/mol. The van der Waals surface area contributed by atoms with Gasteiger partial charge in [-0.05, 0) is 18.6 Å². The predicted molar refractivity (Wildman–Crippen MR) is 74.5 cm³/mol. The zero-order chi connectivity index (χ0) is 14.5. The number of aliphatic hydroxyl groups excluding tert-OH is 1. The van der Waals surface area contributed by atoms with Crippen molar-refractivity contribution < 1.29 is 14.8 Å². The van der Waals surface area contributed by atoms with Crippen molar-refractivity contribution in [2.75, 3.05) is 0 Å². The summed E-state index contributed by atoms with van der Waals surface area (Å²) in [5.74, 6) is 0.588. The highest BCUT2D eigenvalue weighted by molar-refractivity contribution is 5.37. The number of rotatable bonds is 5. The van der Waals surface area contributed by atoms with Crippen LogP contribution >= 0.6 is 0 Å². The van der Waals surface area contributed by atoms with Gasteiger partial charge < -0.3 is 9.84 Å². The molecule has 5 heteroatoms. The fourth-order valence-electron chi connectivity index (χ4n) is 1.89. The molecule has 0 spiro atoms. The Morgan fingerprint density at radius 3 is 2.75 bits per heavy atom. The van der Waals surface area contributed by atoms with Gasteiger partial charge in [0.2, 0.25) is 0 Å². The standard InChI is InChI=1S/C15H15NO4/c1-11-5-6-15(13(7-11)9-17)20-10-12-3-2-4-14(8-12)16(18)19/h2-8,17H,9-10H2,1H3. The van der Waals surface area contributed by atoms with Crippen molar-refractivity contribution in [3.8, 4) is 5.75 Å². The molecule has 20 heavy (non-hydrogen) atoms. The Morgan fingerprint density at radius 2 is 2.05 bits per heavy atom. The summed E-state index contributed by atoms with van der Waals surface area (Å²) in [6.07, 6.45) is 0. The maximum absolute atomic E-state index is 10.7. The number of nitro benzene ring substituents is 1. The summed E-state index contributed by atoms with van der Waals surface area (Å²) in [5, 5.41) is 20.0. The van der Waals surface area contributed by atoms with E-state index in [0.717, 1.165) is 5.56 Å². The maximum Gasteiger partial charge on any atom is 0.269 e. The van der Waals surface area contributed by atoms with Crippen molar-refractivity contribution in [3.63, 3.8) is 0 Å². The van der Waals surface area contributed by atoms with E-state index in [9.17, 15) is 15.2 Å². The van der Waals surface area contributed by atoms with Crippen LogP contribution in [0.5, 0.6) is 5.75 Å². The molecule has 0 radical (unpaired) electrons. The van der Waals surface area contributed by atoms with Crippen LogP contribution in [0.25, 0.3) is 0 Å². The molecular weight excluding hydrogens is 258 g/mol. The summed E-state index contributed by atoms with van der Waals surface area (Å²) in [6, 6.07) is 11.8. The topological polar surface area (TPSA) is 72.6 Å². The number of aliphatic hydroxyl groups is 1. The van der Waals surface area contributed by atoms with E-state index in [2.05, 4.69) is 0 Å². The molecule has 5 nitrogen and oxygen atoms in total. The third-order valence-corrected chi connectivity index (χ3v) is 2.90. The molecule has 0 amide bonds. The highest BCUT2D eigenvalue weighted by Crippen LogP contribution is 2.22. The van der Waals surface area contributed by atoms with E-state index in [4.69, 9.17) is 4.74 Å². The summed E-state index contributed by atoms with van der Waals surface area (Å²) in [5.41, 5.74) is 2.49. The van der Waals surface area contributed by atoms with Crippen LogP contribution in [-0.2, 0) is 13.2 Å². The highest BCUT2D eigenvalue weighted by atomic mass is 16.6. The van der Waals surface area contributed by atoms with E-state index in [1.807, 2.05) is 19.1 Å². The molecule has 0 bridgehead atoms. The molecule has 2 rings (SSSR count). The number of ether oxygens (including phenoxy) is 1. The van der Waals surface area contributed by atoms with E-state index >= 15 is 0 Å². The summed E-state index contributed by atoms with van der Waals surface area (Å²) in [7, 11) is 0. The third kappa shape index (κ3) is 3.33. The Morgan fingerprint density at radius 1 is 1.25 bits per heavy atom. The Balaban J connectivity index is 2.12. The first-order chi connectivity index (χ1) is 9.60. The summed E-state index contributed by atoms with van der Waals surface area (Å²) >= 11 is 0. The lowest BCUT2D eigenvalue weighted by atomic mass is 10.1. The molecule has 2 aromatic rings. The van der Waals surface area contributed by atoms with Gasteiger partial charge in [-0.3, -0.25) is 10.1 Å². The van der Waals surface area contributed by atoms with Gasteiger partial charge in [0.05, 0.1) is 11.5 Å². The van der Waals surface area contributed by atoms with Gasteiger partial charge in [-0.2, -0.15) is 0 Å². The largest absolute Gasteiger partial charge is 0.489 e. The Bertz CT molecular complexity index is 625. The molecule has 0 fully saturated rings. The van der Waals surface area contributed by atoms with Crippen LogP contribution in [0, 0.1) is 17.0 Å². The molecule has 0 aliphatic rings. The Kier molecular flexibility index (Phi) is 4.32. The minimum absolute atomic E-state index is 0.0392. The van der Waals surface area contributed by atoms with Crippen LogP contribution in [0.1, 0.15) is 16.7 Å². The van der Waals surface area contributed by atoms with Crippen LogP contribution in [0.4, 0.5) is 5.69 Å². The molecule has 104 valence electrons. The number of hydrogen-bond acceptors (Lipinski definition) is 4. The average Bonchev–Trinajstić information content (AvgIpc) is 2.46. The number of non-ortho nitro benzene ring substituents is 1. The molecule has 0 aliphatic heterocycles. The summed E-state index contributed by atoms with van der Waals surface area (Å²) in [4.78, 5) is 10.3.